The van der Waals surface area contributed by atoms with Gasteiger partial charge >= 0.3 is 5.97 Å². The van der Waals surface area contributed by atoms with Crippen molar-refractivity contribution in [1.29, 1.82) is 0 Å². The number of carboxylic acids is 1. The summed E-state index contributed by atoms with van der Waals surface area (Å²) in [6.45, 7) is 4.17. The van der Waals surface area contributed by atoms with Crippen LogP contribution in [0.3, 0.4) is 0 Å². The quantitative estimate of drug-likeness (QED) is 0.712. The molecule has 0 saturated heterocycles. The summed E-state index contributed by atoms with van der Waals surface area (Å²) in [5.74, 6) is -0.610. The highest BCUT2D eigenvalue weighted by Gasteiger charge is 2.29. The maximum Gasteiger partial charge on any atom is 0.331 e. The summed E-state index contributed by atoms with van der Waals surface area (Å²) in [4.78, 5) is 11.1. The zero-order chi connectivity index (χ0) is 11.0. The molecule has 2 aliphatic carbocycles. The number of carbonyl (C=O) groups is 1. The minimum Gasteiger partial charge on any atom is -0.478 e. The van der Waals surface area contributed by atoms with Gasteiger partial charge in [0.15, 0.2) is 0 Å². The molecule has 15 heavy (non-hydrogen) atoms. The third-order valence-electron chi connectivity index (χ3n) is 3.32. The molecule has 0 aromatic rings. The van der Waals surface area contributed by atoms with Crippen molar-refractivity contribution in [1.82, 2.24) is 0 Å². The molecule has 1 unspecified atom stereocenters. The van der Waals surface area contributed by atoms with Crippen LogP contribution in [0.2, 0.25) is 0 Å². The Kier molecular flexibility index (Phi) is 2.51. The monoisotopic (exact) mass is 204 g/mol. The van der Waals surface area contributed by atoms with Gasteiger partial charge in [-0.25, -0.2) is 4.79 Å². The van der Waals surface area contributed by atoms with Crippen molar-refractivity contribution in [3.63, 3.8) is 0 Å². The average Bonchev–Trinajstić information content (AvgIpc) is 2.16. The largest absolute Gasteiger partial charge is 0.478 e. The van der Waals surface area contributed by atoms with Crippen LogP contribution in [0.4, 0.5) is 0 Å². The van der Waals surface area contributed by atoms with Crippen LogP contribution in [0.25, 0.3) is 0 Å². The molecule has 0 aromatic carbocycles. The van der Waals surface area contributed by atoms with Gasteiger partial charge < -0.3 is 5.11 Å². The van der Waals surface area contributed by atoms with E-state index in [2.05, 4.69) is 19.9 Å². The highest BCUT2D eigenvalue weighted by Crippen LogP contribution is 2.40. The SMILES string of the molecule is CC1=CC(C)=C2CCC=C(C(=O)O)C2C1. The van der Waals surface area contributed by atoms with Gasteiger partial charge in [0.2, 0.25) is 0 Å². The highest BCUT2D eigenvalue weighted by molar-refractivity contribution is 5.88. The Labute approximate surface area is 90.0 Å². The van der Waals surface area contributed by atoms with Gasteiger partial charge in [-0.05, 0) is 33.1 Å². The standard InChI is InChI=1S/C13H16O2/c1-8-6-9(2)10-4-3-5-11(13(14)15)12(10)7-8/h5-6,12H,3-4,7H2,1-2H3,(H,14,15). The number of fused-ring (bicyclic) bond motifs is 1. The molecule has 2 aliphatic rings. The van der Waals surface area contributed by atoms with E-state index < -0.39 is 5.97 Å². The van der Waals surface area contributed by atoms with Crippen LogP contribution in [0.5, 0.6) is 0 Å². The molecule has 2 nitrogen and oxygen atoms in total. The van der Waals surface area contributed by atoms with Crippen molar-refractivity contribution in [3.8, 4) is 0 Å². The molecule has 0 amide bonds. The van der Waals surface area contributed by atoms with Gasteiger partial charge in [0, 0.05) is 11.5 Å². The lowest BCUT2D eigenvalue weighted by Gasteiger charge is -2.30. The Hall–Kier alpha value is -1.31. The summed E-state index contributed by atoms with van der Waals surface area (Å²) in [6.07, 6.45) is 6.86. The summed E-state index contributed by atoms with van der Waals surface area (Å²) in [7, 11) is 0. The molecule has 2 heteroatoms. The van der Waals surface area contributed by atoms with E-state index >= 15 is 0 Å². The second-order valence-corrected chi connectivity index (χ2v) is 4.46. The predicted octanol–water partition coefficient (Wildman–Crippen LogP) is 3.07. The Balaban J connectivity index is 2.42. The number of carboxylic acid groups (broad SMARTS) is 1. The number of hydrogen-bond donors (Lipinski definition) is 1. The molecular formula is C13H16O2. The molecular weight excluding hydrogens is 188 g/mol. The summed E-state index contributed by atoms with van der Waals surface area (Å²) in [6, 6.07) is 0. The van der Waals surface area contributed by atoms with E-state index in [1.54, 1.807) is 0 Å². The Bertz CT molecular complexity index is 397. The van der Waals surface area contributed by atoms with Crippen molar-refractivity contribution in [3.05, 3.63) is 34.4 Å². The molecule has 0 aliphatic heterocycles. The number of rotatable bonds is 1. The van der Waals surface area contributed by atoms with Crippen molar-refractivity contribution < 1.29 is 9.90 Å². The van der Waals surface area contributed by atoms with E-state index in [9.17, 15) is 4.79 Å². The fourth-order valence-electron chi connectivity index (χ4n) is 2.67. The molecule has 0 fully saturated rings. The van der Waals surface area contributed by atoms with Crippen LogP contribution in [-0.2, 0) is 4.79 Å². The number of allylic oxidation sites excluding steroid dienone is 5. The number of aliphatic carboxylic acids is 1. The fraction of sp³-hybridized carbons (Fsp3) is 0.462. The molecule has 0 saturated carbocycles. The van der Waals surface area contributed by atoms with Crippen molar-refractivity contribution in [2.75, 3.05) is 0 Å². The minimum atomic E-state index is -0.750. The zero-order valence-electron chi connectivity index (χ0n) is 9.21. The van der Waals surface area contributed by atoms with Gasteiger partial charge in [0.05, 0.1) is 0 Å². The zero-order valence-corrected chi connectivity index (χ0v) is 9.21. The van der Waals surface area contributed by atoms with Gasteiger partial charge in [-0.3, -0.25) is 0 Å². The lowest BCUT2D eigenvalue weighted by atomic mass is 9.74. The van der Waals surface area contributed by atoms with Crippen LogP contribution in [-0.4, -0.2) is 11.1 Å². The van der Waals surface area contributed by atoms with Gasteiger partial charge in [0.25, 0.3) is 0 Å². The highest BCUT2D eigenvalue weighted by atomic mass is 16.4. The summed E-state index contributed by atoms with van der Waals surface area (Å²) in [5.41, 5.74) is 4.49. The van der Waals surface area contributed by atoms with Crippen molar-refractivity contribution in [2.24, 2.45) is 5.92 Å². The minimum absolute atomic E-state index is 0.140. The van der Waals surface area contributed by atoms with Gasteiger partial charge in [-0.2, -0.15) is 0 Å². The molecule has 0 spiro atoms. The molecule has 0 bridgehead atoms. The van der Waals surface area contributed by atoms with Gasteiger partial charge in [-0.15, -0.1) is 0 Å². The fourth-order valence-corrected chi connectivity index (χ4v) is 2.67. The lowest BCUT2D eigenvalue weighted by Crippen LogP contribution is -2.21. The number of hydrogen-bond acceptors (Lipinski definition) is 1. The molecule has 0 heterocycles. The van der Waals surface area contributed by atoms with E-state index in [-0.39, 0.29) is 5.92 Å². The summed E-state index contributed by atoms with van der Waals surface area (Å²) >= 11 is 0. The molecule has 0 aromatic heterocycles. The van der Waals surface area contributed by atoms with E-state index in [4.69, 9.17) is 5.11 Å². The van der Waals surface area contributed by atoms with Crippen LogP contribution in [0.1, 0.15) is 33.1 Å². The average molecular weight is 204 g/mol. The Morgan fingerprint density at radius 3 is 2.87 bits per heavy atom. The van der Waals surface area contributed by atoms with Crippen LogP contribution >= 0.6 is 0 Å². The van der Waals surface area contributed by atoms with Crippen molar-refractivity contribution in [2.45, 2.75) is 33.1 Å². The smallest absolute Gasteiger partial charge is 0.331 e. The van der Waals surface area contributed by atoms with E-state index in [0.717, 1.165) is 19.3 Å². The molecule has 80 valence electrons. The van der Waals surface area contributed by atoms with Crippen LogP contribution in [0, 0.1) is 5.92 Å². The first kappa shape index (κ1) is 10.2. The summed E-state index contributed by atoms with van der Waals surface area (Å²) in [5, 5.41) is 9.14. The predicted molar refractivity (Wildman–Crippen MR) is 59.5 cm³/mol. The van der Waals surface area contributed by atoms with E-state index in [1.807, 2.05) is 6.08 Å². The lowest BCUT2D eigenvalue weighted by molar-refractivity contribution is -0.133. The normalized spacial score (nSPS) is 25.6. The maximum absolute atomic E-state index is 11.1. The molecule has 1 N–H and O–H groups in total. The van der Waals surface area contributed by atoms with E-state index in [0.29, 0.717) is 5.57 Å². The second-order valence-electron chi connectivity index (χ2n) is 4.46. The van der Waals surface area contributed by atoms with Crippen LogP contribution in [0.15, 0.2) is 34.4 Å². The second kappa shape index (κ2) is 3.69. The third kappa shape index (κ3) is 1.76. The molecule has 0 radical (unpaired) electrons. The maximum atomic E-state index is 11.1. The first-order valence-electron chi connectivity index (χ1n) is 5.39. The first-order valence-corrected chi connectivity index (χ1v) is 5.39. The van der Waals surface area contributed by atoms with Gasteiger partial charge in [-0.1, -0.05) is 28.9 Å². The Morgan fingerprint density at radius 2 is 2.20 bits per heavy atom. The van der Waals surface area contributed by atoms with E-state index in [1.165, 1.54) is 16.7 Å². The topological polar surface area (TPSA) is 37.3 Å². The van der Waals surface area contributed by atoms with Crippen LogP contribution < -0.4 is 0 Å². The molecule has 2 rings (SSSR count). The Morgan fingerprint density at radius 1 is 1.47 bits per heavy atom. The summed E-state index contributed by atoms with van der Waals surface area (Å²) < 4.78 is 0. The van der Waals surface area contributed by atoms with Gasteiger partial charge in [0.1, 0.15) is 0 Å². The third-order valence-corrected chi connectivity index (χ3v) is 3.32. The van der Waals surface area contributed by atoms with Crippen molar-refractivity contribution >= 4 is 5.97 Å². The first-order chi connectivity index (χ1) is 7.09. The molecule has 1 atom stereocenters.